The first-order valence-electron chi connectivity index (χ1n) is 13.7. The molecule has 6 nitrogen and oxygen atoms in total. The van der Waals surface area contributed by atoms with Crippen molar-refractivity contribution in [1.82, 2.24) is 10.2 Å². The molecule has 2 amide bonds. The fourth-order valence-corrected chi connectivity index (χ4v) is 4.95. The highest BCUT2D eigenvalue weighted by molar-refractivity contribution is 5.77. The number of hydrogen-bond donors (Lipinski definition) is 2. The summed E-state index contributed by atoms with van der Waals surface area (Å²) >= 11 is 0. The van der Waals surface area contributed by atoms with E-state index in [4.69, 9.17) is 4.74 Å². The van der Waals surface area contributed by atoms with E-state index in [1.54, 1.807) is 6.07 Å². The Morgan fingerprint density at radius 3 is 2.36 bits per heavy atom. The summed E-state index contributed by atoms with van der Waals surface area (Å²) in [6, 6.07) is 23.7. The molecule has 0 spiro atoms. The highest BCUT2D eigenvalue weighted by Crippen LogP contribution is 2.22. The number of carbonyl (C=O) groups excluding carboxylic acids is 2. The summed E-state index contributed by atoms with van der Waals surface area (Å²) in [5, 5.41) is 12.8. The molecule has 3 aromatic rings. The maximum atomic E-state index is 13.3. The zero-order valence-corrected chi connectivity index (χ0v) is 22.2. The number of carbonyl (C=O) groups is 2. The monoisotopic (exact) mass is 532 g/mol. The molecular formula is C32H37FN2O4. The summed E-state index contributed by atoms with van der Waals surface area (Å²) in [5.74, 6) is 0.680. The largest absolute Gasteiger partial charge is 0.489 e. The lowest BCUT2D eigenvalue weighted by atomic mass is 9.92. The molecule has 0 radical (unpaired) electrons. The zero-order valence-electron chi connectivity index (χ0n) is 22.2. The second-order valence-electron chi connectivity index (χ2n) is 10.2. The normalized spacial score (nSPS) is 14.6. The second kappa shape index (κ2) is 14.4. The number of ether oxygens (including phenoxy) is 1. The molecule has 1 aliphatic rings. The first kappa shape index (κ1) is 28.3. The third kappa shape index (κ3) is 9.21. The third-order valence-corrected chi connectivity index (χ3v) is 7.20. The topological polar surface area (TPSA) is 78.9 Å². The maximum Gasteiger partial charge on any atom is 0.222 e. The number of nitrogens with zero attached hydrogens (tertiary/aromatic N) is 1. The Hall–Kier alpha value is -3.71. The van der Waals surface area contributed by atoms with Gasteiger partial charge in [0, 0.05) is 25.9 Å². The van der Waals surface area contributed by atoms with E-state index in [9.17, 15) is 19.1 Å². The van der Waals surface area contributed by atoms with Gasteiger partial charge in [-0.15, -0.1) is 0 Å². The van der Waals surface area contributed by atoms with E-state index in [1.165, 1.54) is 12.1 Å². The van der Waals surface area contributed by atoms with Gasteiger partial charge in [-0.3, -0.25) is 9.59 Å². The summed E-state index contributed by atoms with van der Waals surface area (Å²) in [4.78, 5) is 27.1. The van der Waals surface area contributed by atoms with Crippen LogP contribution in [0.15, 0.2) is 78.9 Å². The molecule has 0 aliphatic carbocycles. The van der Waals surface area contributed by atoms with Gasteiger partial charge in [0.05, 0.1) is 12.6 Å². The zero-order chi connectivity index (χ0) is 27.5. The number of benzene rings is 3. The Balaban J connectivity index is 1.15. The van der Waals surface area contributed by atoms with Gasteiger partial charge in [-0.25, -0.2) is 4.39 Å². The molecular weight excluding hydrogens is 495 g/mol. The van der Waals surface area contributed by atoms with Crippen molar-refractivity contribution in [2.45, 2.75) is 51.2 Å². The fourth-order valence-electron chi connectivity index (χ4n) is 4.95. The Bertz CT molecular complexity index is 1190. The molecule has 4 rings (SSSR count). The standard InChI is InChI=1S/C32H37FN2O4/c33-28-8-4-7-24(19-28)11-14-32(38)35-17-15-26(16-18-35)21-31(37)34-29(22-36)20-25-9-12-30(13-10-25)39-23-27-5-2-1-3-6-27/h1-10,12-13,19,26,29,36H,11,14-18,20-23H2,(H,34,37)/t29-/m0/s1. The lowest BCUT2D eigenvalue weighted by molar-refractivity contribution is -0.132. The molecule has 206 valence electrons. The van der Waals surface area contributed by atoms with Crippen LogP contribution in [0.25, 0.3) is 0 Å². The number of piperidine rings is 1. The fraction of sp³-hybridized carbons (Fsp3) is 0.375. The molecule has 1 saturated heterocycles. The van der Waals surface area contributed by atoms with Gasteiger partial charge in [-0.2, -0.15) is 0 Å². The van der Waals surface area contributed by atoms with Gasteiger partial charge >= 0.3 is 0 Å². The number of rotatable bonds is 12. The van der Waals surface area contributed by atoms with Crippen LogP contribution >= 0.6 is 0 Å². The molecule has 0 bridgehead atoms. The number of halogens is 1. The Kier molecular flexibility index (Phi) is 10.5. The molecule has 0 unspecified atom stereocenters. The van der Waals surface area contributed by atoms with Crippen LogP contribution in [0.5, 0.6) is 5.75 Å². The van der Waals surface area contributed by atoms with Crippen molar-refractivity contribution in [3.63, 3.8) is 0 Å². The minimum Gasteiger partial charge on any atom is -0.489 e. The van der Waals surface area contributed by atoms with E-state index in [2.05, 4.69) is 5.32 Å². The van der Waals surface area contributed by atoms with Gasteiger partial charge in [0.15, 0.2) is 0 Å². The van der Waals surface area contributed by atoms with Crippen molar-refractivity contribution in [2.75, 3.05) is 19.7 Å². The SMILES string of the molecule is O=C(CC1CCN(C(=O)CCc2cccc(F)c2)CC1)N[C@H](CO)Cc1ccc(OCc2ccccc2)cc1. The molecule has 7 heteroatoms. The summed E-state index contributed by atoms with van der Waals surface area (Å²) in [6.07, 6.45) is 3.33. The minimum atomic E-state index is -0.363. The van der Waals surface area contributed by atoms with Crippen LogP contribution in [0, 0.1) is 11.7 Å². The molecule has 2 N–H and O–H groups in total. The quantitative estimate of drug-likeness (QED) is 0.355. The van der Waals surface area contributed by atoms with Crippen LogP contribution in [0.3, 0.4) is 0 Å². The van der Waals surface area contributed by atoms with E-state index < -0.39 is 0 Å². The van der Waals surface area contributed by atoms with Crippen molar-refractivity contribution in [2.24, 2.45) is 5.92 Å². The third-order valence-electron chi connectivity index (χ3n) is 7.20. The van der Waals surface area contributed by atoms with Gasteiger partial charge in [-0.1, -0.05) is 54.6 Å². The van der Waals surface area contributed by atoms with E-state index in [-0.39, 0.29) is 36.2 Å². The van der Waals surface area contributed by atoms with E-state index in [0.29, 0.717) is 45.4 Å². The molecule has 1 heterocycles. The van der Waals surface area contributed by atoms with Crippen molar-refractivity contribution >= 4 is 11.8 Å². The van der Waals surface area contributed by atoms with Crippen LogP contribution in [-0.2, 0) is 29.0 Å². The summed E-state index contributed by atoms with van der Waals surface area (Å²) < 4.78 is 19.2. The number of aliphatic hydroxyl groups is 1. The van der Waals surface area contributed by atoms with Gasteiger partial charge in [-0.05, 0) is 72.6 Å². The van der Waals surface area contributed by atoms with Gasteiger partial charge < -0.3 is 20.1 Å². The number of aryl methyl sites for hydroxylation is 1. The lowest BCUT2D eigenvalue weighted by Crippen LogP contribution is -2.42. The molecule has 1 aliphatic heterocycles. The van der Waals surface area contributed by atoms with Crippen LogP contribution in [0.2, 0.25) is 0 Å². The average molecular weight is 533 g/mol. The van der Waals surface area contributed by atoms with Gasteiger partial charge in [0.1, 0.15) is 18.2 Å². The lowest BCUT2D eigenvalue weighted by Gasteiger charge is -2.32. The van der Waals surface area contributed by atoms with E-state index in [1.807, 2.05) is 65.6 Å². The number of aliphatic hydroxyl groups excluding tert-OH is 1. The molecule has 1 fully saturated rings. The van der Waals surface area contributed by atoms with Crippen LogP contribution in [0.4, 0.5) is 4.39 Å². The van der Waals surface area contributed by atoms with Crippen LogP contribution < -0.4 is 10.1 Å². The minimum absolute atomic E-state index is 0.0685. The first-order valence-corrected chi connectivity index (χ1v) is 13.7. The van der Waals surface area contributed by atoms with E-state index >= 15 is 0 Å². The summed E-state index contributed by atoms with van der Waals surface area (Å²) in [6.45, 7) is 1.61. The smallest absolute Gasteiger partial charge is 0.222 e. The average Bonchev–Trinajstić information content (AvgIpc) is 2.96. The summed E-state index contributed by atoms with van der Waals surface area (Å²) in [5.41, 5.74) is 2.93. The highest BCUT2D eigenvalue weighted by atomic mass is 19.1. The highest BCUT2D eigenvalue weighted by Gasteiger charge is 2.25. The number of nitrogens with one attached hydrogen (secondary N) is 1. The van der Waals surface area contributed by atoms with Crippen molar-refractivity contribution in [3.05, 3.63) is 101 Å². The van der Waals surface area contributed by atoms with Crippen molar-refractivity contribution in [1.29, 1.82) is 0 Å². The second-order valence-corrected chi connectivity index (χ2v) is 10.2. The predicted molar refractivity (Wildman–Crippen MR) is 149 cm³/mol. The molecule has 0 aromatic heterocycles. The Labute approximate surface area is 229 Å². The predicted octanol–water partition coefficient (Wildman–Crippen LogP) is 4.69. The van der Waals surface area contributed by atoms with Crippen LogP contribution in [0.1, 0.15) is 42.4 Å². The van der Waals surface area contributed by atoms with Crippen molar-refractivity contribution < 1.29 is 23.8 Å². The Morgan fingerprint density at radius 2 is 1.67 bits per heavy atom. The Morgan fingerprint density at radius 1 is 0.949 bits per heavy atom. The van der Waals surface area contributed by atoms with E-state index in [0.717, 1.165) is 35.3 Å². The number of amides is 2. The molecule has 1 atom stereocenters. The van der Waals surface area contributed by atoms with Crippen LogP contribution in [-0.4, -0.2) is 47.6 Å². The van der Waals surface area contributed by atoms with Gasteiger partial charge in [0.2, 0.25) is 11.8 Å². The van der Waals surface area contributed by atoms with Gasteiger partial charge in [0.25, 0.3) is 0 Å². The molecule has 0 saturated carbocycles. The number of hydrogen-bond acceptors (Lipinski definition) is 4. The van der Waals surface area contributed by atoms with Crippen molar-refractivity contribution in [3.8, 4) is 5.75 Å². The molecule has 3 aromatic carbocycles. The summed E-state index contributed by atoms with van der Waals surface area (Å²) in [7, 11) is 0. The number of likely N-dealkylation sites (tertiary alicyclic amines) is 1. The molecule has 39 heavy (non-hydrogen) atoms. The maximum absolute atomic E-state index is 13.3. The first-order chi connectivity index (χ1) is 19.0.